The fraction of sp³-hybridized carbons (Fsp3) is 0.200. The van der Waals surface area contributed by atoms with Crippen LogP contribution in [0.25, 0.3) is 10.9 Å². The molecule has 0 saturated carbocycles. The summed E-state index contributed by atoms with van der Waals surface area (Å²) >= 11 is 6.91. The van der Waals surface area contributed by atoms with E-state index in [4.69, 9.17) is 0 Å². The highest BCUT2D eigenvalue weighted by Gasteiger charge is 2.10. The van der Waals surface area contributed by atoms with Gasteiger partial charge in [0.1, 0.15) is 0 Å². The maximum Gasteiger partial charge on any atom is 0.239 e. The molecule has 0 spiro atoms. The molecule has 0 bridgehead atoms. The highest BCUT2D eigenvalue weighted by atomic mass is 79.9. The lowest BCUT2D eigenvalue weighted by molar-refractivity contribution is -0.126. The number of fused-ring (bicyclic) bond motifs is 1. The molecule has 2 amide bonds. The number of aryl methyl sites for hydroxylation is 1. The van der Waals surface area contributed by atoms with Gasteiger partial charge < -0.3 is 15.6 Å². The number of H-pyrrole nitrogens is 1. The Balaban J connectivity index is 1.42. The van der Waals surface area contributed by atoms with E-state index in [9.17, 15) is 9.59 Å². The minimum absolute atomic E-state index is 0.0216. The van der Waals surface area contributed by atoms with Crippen molar-refractivity contribution in [1.29, 1.82) is 0 Å². The molecule has 2 aromatic carbocycles. The summed E-state index contributed by atoms with van der Waals surface area (Å²) in [6, 6.07) is 13.7. The summed E-state index contributed by atoms with van der Waals surface area (Å²) in [7, 11) is 0. The van der Waals surface area contributed by atoms with Crippen molar-refractivity contribution in [3.05, 3.63) is 68.7 Å². The number of halogens is 2. The van der Waals surface area contributed by atoms with Crippen molar-refractivity contribution in [2.24, 2.45) is 0 Å². The molecule has 0 radical (unpaired) electrons. The number of carbonyl (C=O) groups is 2. The lowest BCUT2D eigenvalue weighted by Gasteiger charge is -2.07. The Morgan fingerprint density at radius 2 is 1.81 bits per heavy atom. The quantitative estimate of drug-likeness (QED) is 0.465. The van der Waals surface area contributed by atoms with Gasteiger partial charge in [0, 0.05) is 33.5 Å². The zero-order valence-corrected chi connectivity index (χ0v) is 17.7. The third-order valence-electron chi connectivity index (χ3n) is 4.20. The molecule has 1 aromatic heterocycles. The second-order valence-electron chi connectivity index (χ2n) is 6.16. The Morgan fingerprint density at radius 3 is 2.63 bits per heavy atom. The summed E-state index contributed by atoms with van der Waals surface area (Å²) in [5.74, 6) is -0.351. The standard InChI is InChI=1S/C20H19Br2N3O2/c21-15-4-1-3-13(9-15)10-23-19(27)12-24-18(26)8-7-14-11-25-20-16(14)5-2-6-17(20)22/h1-6,9,11,25H,7-8,10,12H2,(H,23,27)(H,24,26). The summed E-state index contributed by atoms with van der Waals surface area (Å²) in [6.45, 7) is 0.407. The topological polar surface area (TPSA) is 74.0 Å². The average Bonchev–Trinajstić information content (AvgIpc) is 3.07. The molecular weight excluding hydrogens is 474 g/mol. The molecule has 0 atom stereocenters. The zero-order valence-electron chi connectivity index (χ0n) is 14.5. The lowest BCUT2D eigenvalue weighted by Crippen LogP contribution is -2.36. The number of hydrogen-bond donors (Lipinski definition) is 3. The predicted octanol–water partition coefficient (Wildman–Crippen LogP) is 4.06. The van der Waals surface area contributed by atoms with Gasteiger partial charge in [-0.2, -0.15) is 0 Å². The van der Waals surface area contributed by atoms with Gasteiger partial charge in [-0.3, -0.25) is 9.59 Å². The van der Waals surface area contributed by atoms with Gasteiger partial charge >= 0.3 is 0 Å². The molecule has 0 aliphatic carbocycles. The number of hydrogen-bond acceptors (Lipinski definition) is 2. The van der Waals surface area contributed by atoms with E-state index >= 15 is 0 Å². The van der Waals surface area contributed by atoms with Crippen molar-refractivity contribution < 1.29 is 9.59 Å². The SMILES string of the molecule is O=C(CCc1c[nH]c2c(Br)cccc12)NCC(=O)NCc1cccc(Br)c1. The van der Waals surface area contributed by atoms with E-state index in [-0.39, 0.29) is 18.4 Å². The maximum absolute atomic E-state index is 12.0. The van der Waals surface area contributed by atoms with Crippen LogP contribution in [-0.2, 0) is 22.6 Å². The van der Waals surface area contributed by atoms with Crippen LogP contribution in [0, 0.1) is 0 Å². The maximum atomic E-state index is 12.0. The molecule has 3 rings (SSSR count). The average molecular weight is 493 g/mol. The van der Waals surface area contributed by atoms with Gasteiger partial charge in [-0.15, -0.1) is 0 Å². The Hall–Kier alpha value is -2.12. The lowest BCUT2D eigenvalue weighted by atomic mass is 10.1. The number of benzene rings is 2. The van der Waals surface area contributed by atoms with Gasteiger partial charge in [0.2, 0.25) is 11.8 Å². The monoisotopic (exact) mass is 491 g/mol. The first-order chi connectivity index (χ1) is 13.0. The summed E-state index contributed by atoms with van der Waals surface area (Å²) < 4.78 is 1.96. The van der Waals surface area contributed by atoms with Crippen LogP contribution < -0.4 is 10.6 Å². The predicted molar refractivity (Wildman–Crippen MR) is 113 cm³/mol. The third-order valence-corrected chi connectivity index (χ3v) is 5.35. The molecule has 0 aliphatic rings. The van der Waals surface area contributed by atoms with E-state index in [0.29, 0.717) is 19.4 Å². The third kappa shape index (κ3) is 5.43. The van der Waals surface area contributed by atoms with Crippen LogP contribution in [0.15, 0.2) is 57.6 Å². The zero-order chi connectivity index (χ0) is 19.2. The second-order valence-corrected chi connectivity index (χ2v) is 7.93. The van der Waals surface area contributed by atoms with Crippen molar-refractivity contribution in [1.82, 2.24) is 15.6 Å². The summed E-state index contributed by atoms with van der Waals surface area (Å²) in [5.41, 5.74) is 3.11. The number of para-hydroxylation sites is 1. The molecular formula is C20H19Br2N3O2. The van der Waals surface area contributed by atoms with E-state index in [1.807, 2.05) is 48.7 Å². The highest BCUT2D eigenvalue weighted by molar-refractivity contribution is 9.11. The van der Waals surface area contributed by atoms with E-state index in [0.717, 1.165) is 31.0 Å². The normalized spacial score (nSPS) is 10.7. The van der Waals surface area contributed by atoms with Gasteiger partial charge in [-0.25, -0.2) is 0 Å². The van der Waals surface area contributed by atoms with E-state index in [2.05, 4.69) is 47.5 Å². The molecule has 0 fully saturated rings. The second kappa shape index (κ2) is 9.19. The van der Waals surface area contributed by atoms with Gasteiger partial charge in [0.05, 0.1) is 12.1 Å². The van der Waals surface area contributed by atoms with E-state index < -0.39 is 0 Å². The first kappa shape index (κ1) is 19.6. The first-order valence-corrected chi connectivity index (χ1v) is 10.1. The van der Waals surface area contributed by atoms with Crippen LogP contribution in [0.4, 0.5) is 0 Å². The van der Waals surface area contributed by atoms with Crippen LogP contribution in [0.1, 0.15) is 17.5 Å². The number of carbonyl (C=O) groups excluding carboxylic acids is 2. The van der Waals surface area contributed by atoms with Crippen LogP contribution in [0.2, 0.25) is 0 Å². The summed E-state index contributed by atoms with van der Waals surface area (Å²) in [5, 5.41) is 6.57. The highest BCUT2D eigenvalue weighted by Crippen LogP contribution is 2.26. The van der Waals surface area contributed by atoms with Gasteiger partial charge in [0.25, 0.3) is 0 Å². The Bertz CT molecular complexity index is 969. The van der Waals surface area contributed by atoms with Gasteiger partial charge in [-0.1, -0.05) is 40.2 Å². The van der Waals surface area contributed by atoms with Crippen molar-refractivity contribution >= 4 is 54.6 Å². The molecule has 7 heteroatoms. The smallest absolute Gasteiger partial charge is 0.239 e. The fourth-order valence-electron chi connectivity index (χ4n) is 2.81. The van der Waals surface area contributed by atoms with Gasteiger partial charge in [-0.05, 0) is 51.7 Å². The molecule has 1 heterocycles. The van der Waals surface area contributed by atoms with Crippen molar-refractivity contribution in [3.8, 4) is 0 Å². The molecule has 140 valence electrons. The van der Waals surface area contributed by atoms with Crippen LogP contribution in [-0.4, -0.2) is 23.3 Å². The molecule has 3 aromatic rings. The number of aromatic nitrogens is 1. The Kier molecular flexibility index (Phi) is 6.68. The minimum Gasteiger partial charge on any atom is -0.360 e. The Labute approximate surface area is 174 Å². The largest absolute Gasteiger partial charge is 0.360 e. The number of amides is 2. The summed E-state index contributed by atoms with van der Waals surface area (Å²) in [4.78, 5) is 27.2. The van der Waals surface area contributed by atoms with E-state index in [1.54, 1.807) is 0 Å². The van der Waals surface area contributed by atoms with E-state index in [1.165, 1.54) is 0 Å². The molecule has 0 unspecified atom stereocenters. The molecule has 0 saturated heterocycles. The number of aromatic amines is 1. The summed E-state index contributed by atoms with van der Waals surface area (Å²) in [6.07, 6.45) is 2.87. The first-order valence-electron chi connectivity index (χ1n) is 8.55. The number of rotatable bonds is 7. The van der Waals surface area contributed by atoms with Crippen molar-refractivity contribution in [3.63, 3.8) is 0 Å². The molecule has 27 heavy (non-hydrogen) atoms. The molecule has 3 N–H and O–H groups in total. The van der Waals surface area contributed by atoms with Crippen molar-refractivity contribution in [2.75, 3.05) is 6.54 Å². The van der Waals surface area contributed by atoms with Crippen LogP contribution in [0.5, 0.6) is 0 Å². The van der Waals surface area contributed by atoms with Crippen LogP contribution >= 0.6 is 31.9 Å². The van der Waals surface area contributed by atoms with Crippen LogP contribution in [0.3, 0.4) is 0 Å². The minimum atomic E-state index is -0.209. The van der Waals surface area contributed by atoms with Gasteiger partial charge in [0.15, 0.2) is 0 Å². The van der Waals surface area contributed by atoms with Crippen molar-refractivity contribution in [2.45, 2.75) is 19.4 Å². The molecule has 0 aliphatic heterocycles. The Morgan fingerprint density at radius 1 is 1.00 bits per heavy atom. The fourth-order valence-corrected chi connectivity index (χ4v) is 3.74. The number of nitrogens with one attached hydrogen (secondary N) is 3. The molecule has 5 nitrogen and oxygen atoms in total.